The summed E-state index contributed by atoms with van der Waals surface area (Å²) in [5.74, 6) is -2.15. The van der Waals surface area contributed by atoms with E-state index in [1.54, 1.807) is 0 Å². The van der Waals surface area contributed by atoms with E-state index in [1.165, 1.54) is 7.05 Å². The molecule has 0 aliphatic heterocycles. The second kappa shape index (κ2) is 5.24. The van der Waals surface area contributed by atoms with Crippen LogP contribution in [0.4, 0.5) is 23.2 Å². The monoisotopic (exact) mass is 265 g/mol. The number of alkyl halides is 3. The number of carboxylic acid groups (broad SMARTS) is 1. The number of anilines is 1. The van der Waals surface area contributed by atoms with Crippen molar-refractivity contribution < 1.29 is 27.5 Å². The average Bonchev–Trinajstić information content (AvgIpc) is 2.24. The second-order valence-electron chi connectivity index (χ2n) is 3.76. The van der Waals surface area contributed by atoms with Gasteiger partial charge in [0.1, 0.15) is 5.82 Å². The smallest absolute Gasteiger partial charge is 0.390 e. The number of hydrogen-bond acceptors (Lipinski definition) is 2. The molecule has 0 saturated heterocycles. The van der Waals surface area contributed by atoms with E-state index in [9.17, 15) is 22.4 Å². The molecule has 1 aromatic rings. The Labute approximate surface area is 101 Å². The zero-order valence-electron chi connectivity index (χ0n) is 9.46. The van der Waals surface area contributed by atoms with E-state index >= 15 is 0 Å². The number of halogens is 4. The van der Waals surface area contributed by atoms with Gasteiger partial charge in [0.15, 0.2) is 0 Å². The van der Waals surface area contributed by atoms with Crippen molar-refractivity contribution in [2.75, 3.05) is 18.5 Å². The molecule has 0 saturated carbocycles. The maximum atomic E-state index is 13.5. The molecule has 0 aromatic heterocycles. The van der Waals surface area contributed by atoms with Crippen LogP contribution in [0.2, 0.25) is 0 Å². The molecule has 100 valence electrons. The van der Waals surface area contributed by atoms with Crippen LogP contribution in [0.1, 0.15) is 16.8 Å². The molecule has 0 aliphatic rings. The summed E-state index contributed by atoms with van der Waals surface area (Å²) >= 11 is 0. The predicted molar refractivity (Wildman–Crippen MR) is 57.3 cm³/mol. The number of rotatable bonds is 4. The topological polar surface area (TPSA) is 40.5 Å². The minimum absolute atomic E-state index is 0.0655. The quantitative estimate of drug-likeness (QED) is 0.851. The van der Waals surface area contributed by atoms with Crippen LogP contribution < -0.4 is 4.90 Å². The molecular formula is C11H11F4NO2. The van der Waals surface area contributed by atoms with Gasteiger partial charge in [-0.1, -0.05) is 0 Å². The number of hydrogen-bond donors (Lipinski definition) is 1. The highest BCUT2D eigenvalue weighted by Crippen LogP contribution is 2.23. The Morgan fingerprint density at radius 3 is 2.44 bits per heavy atom. The minimum Gasteiger partial charge on any atom is -0.478 e. The zero-order chi connectivity index (χ0) is 13.9. The number of aromatic carboxylic acids is 1. The van der Waals surface area contributed by atoms with Crippen LogP contribution in [-0.4, -0.2) is 30.8 Å². The van der Waals surface area contributed by atoms with Gasteiger partial charge in [-0.05, 0) is 18.2 Å². The lowest BCUT2D eigenvalue weighted by Crippen LogP contribution is -2.24. The fourth-order valence-corrected chi connectivity index (χ4v) is 1.36. The molecule has 0 bridgehead atoms. The summed E-state index contributed by atoms with van der Waals surface area (Å²) in [6.45, 7) is -0.396. The summed E-state index contributed by atoms with van der Waals surface area (Å²) in [6.07, 6.45) is -5.38. The molecule has 1 N–H and O–H groups in total. The first-order valence-corrected chi connectivity index (χ1v) is 5.01. The van der Waals surface area contributed by atoms with Crippen molar-refractivity contribution in [3.05, 3.63) is 29.6 Å². The van der Waals surface area contributed by atoms with Gasteiger partial charge >= 0.3 is 12.1 Å². The summed E-state index contributed by atoms with van der Waals surface area (Å²) in [5.41, 5.74) is -0.315. The number of nitrogens with zero attached hydrogens (tertiary/aromatic N) is 1. The molecule has 0 radical (unpaired) electrons. The van der Waals surface area contributed by atoms with Gasteiger partial charge in [0.25, 0.3) is 0 Å². The summed E-state index contributed by atoms with van der Waals surface area (Å²) in [6, 6.07) is 3.07. The van der Waals surface area contributed by atoms with Gasteiger partial charge in [0.2, 0.25) is 0 Å². The van der Waals surface area contributed by atoms with Crippen LogP contribution in [0.3, 0.4) is 0 Å². The van der Waals surface area contributed by atoms with Gasteiger partial charge in [-0.2, -0.15) is 13.2 Å². The van der Waals surface area contributed by atoms with Gasteiger partial charge in [0, 0.05) is 13.6 Å². The molecule has 0 atom stereocenters. The first-order valence-electron chi connectivity index (χ1n) is 5.01. The second-order valence-corrected chi connectivity index (χ2v) is 3.76. The van der Waals surface area contributed by atoms with Crippen molar-refractivity contribution in [2.24, 2.45) is 0 Å². The van der Waals surface area contributed by atoms with E-state index in [-0.39, 0.29) is 11.3 Å². The largest absolute Gasteiger partial charge is 0.478 e. The SMILES string of the molecule is CN(CCC(F)(F)F)c1ccc(C(=O)O)cc1F. The number of carbonyl (C=O) groups is 1. The molecular weight excluding hydrogens is 254 g/mol. The molecule has 18 heavy (non-hydrogen) atoms. The maximum absolute atomic E-state index is 13.5. The first kappa shape index (κ1) is 14.3. The third-order valence-corrected chi connectivity index (χ3v) is 2.34. The standard InChI is InChI=1S/C11H11F4NO2/c1-16(5-4-11(13,14)15)9-3-2-7(10(17)18)6-8(9)12/h2-3,6H,4-5H2,1H3,(H,17,18). The fourth-order valence-electron chi connectivity index (χ4n) is 1.36. The lowest BCUT2D eigenvalue weighted by Gasteiger charge is -2.20. The van der Waals surface area contributed by atoms with E-state index in [0.717, 1.165) is 23.1 Å². The van der Waals surface area contributed by atoms with Gasteiger partial charge < -0.3 is 10.0 Å². The maximum Gasteiger partial charge on any atom is 0.390 e. The fraction of sp³-hybridized carbons (Fsp3) is 0.364. The minimum atomic E-state index is -4.31. The Morgan fingerprint density at radius 1 is 1.39 bits per heavy atom. The average molecular weight is 265 g/mol. The highest BCUT2D eigenvalue weighted by Gasteiger charge is 2.27. The summed E-state index contributed by atoms with van der Waals surface area (Å²) in [5, 5.41) is 8.62. The van der Waals surface area contributed by atoms with Crippen molar-refractivity contribution >= 4 is 11.7 Å². The van der Waals surface area contributed by atoms with Crippen LogP contribution in [0.15, 0.2) is 18.2 Å². The van der Waals surface area contributed by atoms with Gasteiger partial charge in [-0.3, -0.25) is 0 Å². The van der Waals surface area contributed by atoms with Gasteiger partial charge in [0.05, 0.1) is 17.7 Å². The number of benzene rings is 1. The predicted octanol–water partition coefficient (Wildman–Crippen LogP) is 2.91. The molecule has 0 fully saturated rings. The van der Waals surface area contributed by atoms with Crippen LogP contribution >= 0.6 is 0 Å². The summed E-state index contributed by atoms with van der Waals surface area (Å²) in [4.78, 5) is 11.7. The van der Waals surface area contributed by atoms with E-state index in [4.69, 9.17) is 5.11 Å². The first-order chi connectivity index (χ1) is 8.20. The van der Waals surface area contributed by atoms with Gasteiger partial charge in [-0.25, -0.2) is 9.18 Å². The molecule has 0 heterocycles. The molecule has 0 amide bonds. The Kier molecular flexibility index (Phi) is 4.15. The van der Waals surface area contributed by atoms with E-state index in [0.29, 0.717) is 0 Å². The third-order valence-electron chi connectivity index (χ3n) is 2.34. The van der Waals surface area contributed by atoms with Crippen LogP contribution in [0.25, 0.3) is 0 Å². The summed E-state index contributed by atoms with van der Waals surface area (Å²) < 4.78 is 49.5. The Balaban J connectivity index is 2.80. The van der Waals surface area contributed by atoms with Crippen molar-refractivity contribution in [1.82, 2.24) is 0 Å². The Hall–Kier alpha value is -1.79. The summed E-state index contributed by atoms with van der Waals surface area (Å²) in [7, 11) is 1.31. The van der Waals surface area contributed by atoms with Crippen LogP contribution in [0.5, 0.6) is 0 Å². The normalized spacial score (nSPS) is 11.4. The highest BCUT2D eigenvalue weighted by atomic mass is 19.4. The van der Waals surface area contributed by atoms with Crippen molar-refractivity contribution in [3.63, 3.8) is 0 Å². The zero-order valence-corrected chi connectivity index (χ0v) is 9.46. The Morgan fingerprint density at radius 2 is 2.00 bits per heavy atom. The van der Waals surface area contributed by atoms with E-state index < -0.39 is 30.9 Å². The van der Waals surface area contributed by atoms with Crippen molar-refractivity contribution in [3.8, 4) is 0 Å². The molecule has 0 spiro atoms. The van der Waals surface area contributed by atoms with Crippen LogP contribution in [-0.2, 0) is 0 Å². The molecule has 1 aromatic carbocycles. The van der Waals surface area contributed by atoms with E-state index in [1.807, 2.05) is 0 Å². The molecule has 0 aliphatic carbocycles. The molecule has 1 rings (SSSR count). The lowest BCUT2D eigenvalue weighted by molar-refractivity contribution is -0.132. The van der Waals surface area contributed by atoms with Crippen molar-refractivity contribution in [1.29, 1.82) is 0 Å². The Bertz CT molecular complexity index is 445. The molecule has 3 nitrogen and oxygen atoms in total. The van der Waals surface area contributed by atoms with Gasteiger partial charge in [-0.15, -0.1) is 0 Å². The van der Waals surface area contributed by atoms with E-state index in [2.05, 4.69) is 0 Å². The van der Waals surface area contributed by atoms with Crippen molar-refractivity contribution in [2.45, 2.75) is 12.6 Å². The lowest BCUT2D eigenvalue weighted by atomic mass is 10.2. The molecule has 7 heteroatoms. The third kappa shape index (κ3) is 3.90. The number of carboxylic acids is 1. The van der Waals surface area contributed by atoms with Crippen LogP contribution in [0, 0.1) is 5.82 Å². The highest BCUT2D eigenvalue weighted by molar-refractivity contribution is 5.88. The molecule has 0 unspecified atom stereocenters.